The number of carbonyl (C=O) groups is 1. The minimum atomic E-state index is -0.529. The molecule has 0 saturated carbocycles. The molecule has 2 heterocycles. The van der Waals surface area contributed by atoms with Crippen LogP contribution in [0.2, 0.25) is 0 Å². The van der Waals surface area contributed by atoms with E-state index in [4.69, 9.17) is 21.7 Å². The molecule has 7 heteroatoms. The van der Waals surface area contributed by atoms with E-state index in [0.29, 0.717) is 17.1 Å². The number of amides is 1. The summed E-state index contributed by atoms with van der Waals surface area (Å²) in [6, 6.07) is 11.5. The Labute approximate surface area is 182 Å². The van der Waals surface area contributed by atoms with E-state index in [-0.39, 0.29) is 5.91 Å². The van der Waals surface area contributed by atoms with Gasteiger partial charge in [-0.25, -0.2) is 0 Å². The number of anilines is 1. The van der Waals surface area contributed by atoms with Gasteiger partial charge in [0.2, 0.25) is 0 Å². The zero-order valence-corrected chi connectivity index (χ0v) is 19.3. The van der Waals surface area contributed by atoms with E-state index in [2.05, 4.69) is 32.0 Å². The van der Waals surface area contributed by atoms with Crippen LogP contribution < -0.4 is 14.4 Å². The maximum absolute atomic E-state index is 13.8. The van der Waals surface area contributed by atoms with Gasteiger partial charge in [-0.15, -0.1) is 0 Å². The summed E-state index contributed by atoms with van der Waals surface area (Å²) < 4.78 is 11.6. The van der Waals surface area contributed by atoms with Gasteiger partial charge in [-0.3, -0.25) is 9.69 Å². The quantitative estimate of drug-likeness (QED) is 0.345. The highest BCUT2D eigenvalue weighted by molar-refractivity contribution is 7.80. The molecule has 4 nitrogen and oxygen atoms in total. The van der Waals surface area contributed by atoms with Gasteiger partial charge in [0.05, 0.1) is 30.3 Å². The topological polar surface area (TPSA) is 38.8 Å². The minimum absolute atomic E-state index is 0.0854. The predicted octanol–water partition coefficient (Wildman–Crippen LogP) is 6.43. The second-order valence-electron chi connectivity index (χ2n) is 7.45. The standard InChI is InChI=1S/C22H21NO3S3/c1-12-6-8-14-15(10-12)23(22(2,3)19-18(14)21(27)29-28-19)20(24)13-7-9-16(25-4)17(11-13)26-5/h6-11H,1-5H3. The predicted molar refractivity (Wildman–Crippen MR) is 123 cm³/mol. The van der Waals surface area contributed by atoms with Gasteiger partial charge in [0.15, 0.2) is 11.5 Å². The number of hydrogen-bond acceptors (Lipinski definition) is 6. The SMILES string of the molecule is COc1ccc(C(=O)N2c3cc(C)ccc3-c3c(ssc3=S)C2(C)C)cc1OC. The molecule has 3 aromatic rings. The monoisotopic (exact) mass is 443 g/mol. The van der Waals surface area contributed by atoms with Gasteiger partial charge in [-0.2, -0.15) is 0 Å². The van der Waals surface area contributed by atoms with Crippen molar-refractivity contribution in [2.75, 3.05) is 19.1 Å². The molecule has 150 valence electrons. The van der Waals surface area contributed by atoms with Crippen molar-refractivity contribution < 1.29 is 14.3 Å². The number of benzene rings is 2. The number of rotatable bonds is 3. The number of methoxy groups -OCH3 is 2. The molecule has 0 aliphatic carbocycles. The first-order valence-electron chi connectivity index (χ1n) is 9.10. The van der Waals surface area contributed by atoms with E-state index < -0.39 is 5.54 Å². The minimum Gasteiger partial charge on any atom is -0.493 e. The summed E-state index contributed by atoms with van der Waals surface area (Å²) in [6.07, 6.45) is 0. The first-order chi connectivity index (χ1) is 13.8. The lowest BCUT2D eigenvalue weighted by molar-refractivity contribution is 0.0961. The zero-order valence-electron chi connectivity index (χ0n) is 16.9. The molecule has 1 aliphatic heterocycles. The van der Waals surface area contributed by atoms with Crippen molar-refractivity contribution in [3.05, 3.63) is 56.2 Å². The summed E-state index contributed by atoms with van der Waals surface area (Å²) in [7, 11) is 6.40. The molecule has 0 N–H and O–H groups in total. The Morgan fingerprint density at radius 3 is 2.45 bits per heavy atom. The Morgan fingerprint density at radius 1 is 1.03 bits per heavy atom. The number of aryl methyl sites for hydroxylation is 1. The lowest BCUT2D eigenvalue weighted by Crippen LogP contribution is -2.47. The van der Waals surface area contributed by atoms with Crippen LogP contribution >= 0.6 is 32.9 Å². The highest BCUT2D eigenvalue weighted by Gasteiger charge is 2.43. The van der Waals surface area contributed by atoms with Gasteiger partial charge in [0.25, 0.3) is 5.91 Å². The number of fused-ring (bicyclic) bond motifs is 3. The largest absolute Gasteiger partial charge is 0.493 e. The number of ether oxygens (including phenoxy) is 2. The fourth-order valence-electron chi connectivity index (χ4n) is 3.80. The Balaban J connectivity index is 1.93. The molecule has 1 aliphatic rings. The summed E-state index contributed by atoms with van der Waals surface area (Å²) in [5.74, 6) is 1.04. The van der Waals surface area contributed by atoms with Crippen LogP contribution in [0.4, 0.5) is 5.69 Å². The van der Waals surface area contributed by atoms with Gasteiger partial charge in [0, 0.05) is 16.7 Å². The highest BCUT2D eigenvalue weighted by atomic mass is 32.9. The van der Waals surface area contributed by atoms with Gasteiger partial charge in [-0.05, 0) is 50.6 Å². The molecular formula is C22H21NO3S3. The molecule has 0 unspecified atom stereocenters. The van der Waals surface area contributed by atoms with Crippen molar-refractivity contribution in [3.8, 4) is 22.6 Å². The summed E-state index contributed by atoms with van der Waals surface area (Å²) in [5.41, 5.74) is 4.11. The third kappa shape index (κ3) is 3.08. The number of nitrogens with zero attached hydrogens (tertiary/aromatic N) is 1. The third-order valence-electron chi connectivity index (χ3n) is 5.24. The van der Waals surface area contributed by atoms with Gasteiger partial charge >= 0.3 is 0 Å². The van der Waals surface area contributed by atoms with Crippen LogP contribution in [0.5, 0.6) is 11.5 Å². The molecule has 0 radical (unpaired) electrons. The number of hydrogen-bond donors (Lipinski definition) is 0. The summed E-state index contributed by atoms with van der Waals surface area (Å²) in [4.78, 5) is 16.8. The van der Waals surface area contributed by atoms with Crippen LogP contribution in [0.15, 0.2) is 36.4 Å². The smallest absolute Gasteiger partial charge is 0.259 e. The van der Waals surface area contributed by atoms with E-state index in [1.54, 1.807) is 53.1 Å². The summed E-state index contributed by atoms with van der Waals surface area (Å²) >= 11 is 5.64. The zero-order chi connectivity index (χ0) is 20.9. The molecule has 0 spiro atoms. The van der Waals surface area contributed by atoms with Crippen molar-refractivity contribution >= 4 is 44.5 Å². The Hall–Kier alpha value is -2.22. The van der Waals surface area contributed by atoms with Crippen molar-refractivity contribution in [1.29, 1.82) is 0 Å². The second-order valence-corrected chi connectivity index (χ2v) is 10.3. The third-order valence-corrected chi connectivity index (χ3v) is 8.57. The van der Waals surface area contributed by atoms with Crippen molar-refractivity contribution in [2.45, 2.75) is 26.3 Å². The molecule has 0 fully saturated rings. The van der Waals surface area contributed by atoms with E-state index in [1.165, 1.54) is 0 Å². The fraction of sp³-hybridized carbons (Fsp3) is 0.273. The first-order valence-corrected chi connectivity index (χ1v) is 11.7. The van der Waals surface area contributed by atoms with Crippen LogP contribution in [-0.4, -0.2) is 20.1 Å². The second kappa shape index (κ2) is 7.23. The average molecular weight is 444 g/mol. The van der Waals surface area contributed by atoms with E-state index in [1.807, 2.05) is 11.8 Å². The Bertz CT molecular complexity index is 1180. The molecule has 2 aromatic carbocycles. The maximum Gasteiger partial charge on any atom is 0.259 e. The van der Waals surface area contributed by atoms with Crippen LogP contribution in [0.3, 0.4) is 0 Å². The molecule has 0 atom stereocenters. The van der Waals surface area contributed by atoms with Crippen molar-refractivity contribution in [2.24, 2.45) is 0 Å². The fourth-order valence-corrected chi connectivity index (χ4v) is 7.08. The molecule has 0 bridgehead atoms. The summed E-state index contributed by atoms with van der Waals surface area (Å²) in [6.45, 7) is 6.19. The van der Waals surface area contributed by atoms with Crippen molar-refractivity contribution in [1.82, 2.24) is 0 Å². The van der Waals surface area contributed by atoms with Gasteiger partial charge < -0.3 is 9.47 Å². The van der Waals surface area contributed by atoms with E-state index >= 15 is 0 Å². The molecule has 4 rings (SSSR count). The van der Waals surface area contributed by atoms with Crippen molar-refractivity contribution in [3.63, 3.8) is 0 Å². The number of carbonyl (C=O) groups excluding carboxylic acids is 1. The summed E-state index contributed by atoms with van der Waals surface area (Å²) in [5, 5.41) is 0. The van der Waals surface area contributed by atoms with Crippen LogP contribution in [0.25, 0.3) is 11.1 Å². The van der Waals surface area contributed by atoms with Gasteiger partial charge in [0.1, 0.15) is 3.82 Å². The Kier molecular flexibility index (Phi) is 5.01. The Morgan fingerprint density at radius 2 is 1.76 bits per heavy atom. The van der Waals surface area contributed by atoms with E-state index in [0.717, 1.165) is 31.1 Å². The normalized spacial score (nSPS) is 14.2. The maximum atomic E-state index is 13.8. The molecule has 29 heavy (non-hydrogen) atoms. The average Bonchev–Trinajstić information content (AvgIpc) is 3.09. The molecular weight excluding hydrogens is 422 g/mol. The van der Waals surface area contributed by atoms with Crippen LogP contribution in [-0.2, 0) is 5.54 Å². The molecule has 1 aromatic heterocycles. The van der Waals surface area contributed by atoms with Gasteiger partial charge in [-0.1, -0.05) is 45.0 Å². The van der Waals surface area contributed by atoms with Crippen LogP contribution in [0.1, 0.15) is 34.6 Å². The first kappa shape index (κ1) is 20.1. The lowest BCUT2D eigenvalue weighted by Gasteiger charge is -2.43. The lowest BCUT2D eigenvalue weighted by atomic mass is 9.86. The van der Waals surface area contributed by atoms with Crippen LogP contribution in [0, 0.1) is 10.7 Å². The molecule has 1 amide bonds. The van der Waals surface area contributed by atoms with E-state index in [9.17, 15) is 4.79 Å². The highest BCUT2D eigenvalue weighted by Crippen LogP contribution is 2.52. The molecule has 0 saturated heterocycles.